The summed E-state index contributed by atoms with van der Waals surface area (Å²) in [6, 6.07) is 12.1. The first-order valence-electron chi connectivity index (χ1n) is 6.98. The molecule has 1 aromatic rings. The number of rotatable bonds is 6. The minimum atomic E-state index is -0.578. The van der Waals surface area contributed by atoms with Crippen molar-refractivity contribution in [2.24, 2.45) is 11.8 Å². The molecule has 0 bridgehead atoms. The summed E-state index contributed by atoms with van der Waals surface area (Å²) in [4.78, 5) is 12.0. The lowest BCUT2D eigenvalue weighted by Crippen LogP contribution is -2.33. The molecule has 0 saturated heterocycles. The van der Waals surface area contributed by atoms with Crippen LogP contribution in [0.3, 0.4) is 0 Å². The minimum absolute atomic E-state index is 0.116. The van der Waals surface area contributed by atoms with Gasteiger partial charge in [-0.3, -0.25) is 4.79 Å². The highest BCUT2D eigenvalue weighted by Crippen LogP contribution is 2.34. The molecular weight excluding hydrogens is 236 g/mol. The van der Waals surface area contributed by atoms with Gasteiger partial charge in [0.25, 0.3) is 0 Å². The summed E-state index contributed by atoms with van der Waals surface area (Å²) in [6.45, 7) is 2.16. The van der Waals surface area contributed by atoms with Gasteiger partial charge >= 0.3 is 0 Å². The quantitative estimate of drug-likeness (QED) is 0.850. The number of hydrogen-bond acceptors (Lipinski definition) is 2. The molecule has 1 saturated carbocycles. The zero-order chi connectivity index (χ0) is 13.7. The topological polar surface area (TPSA) is 52.9 Å². The number of benzene rings is 1. The highest BCUT2D eigenvalue weighted by atomic mass is 16.2. The van der Waals surface area contributed by atoms with Gasteiger partial charge in [-0.05, 0) is 30.7 Å². The Kier molecular flexibility index (Phi) is 4.57. The van der Waals surface area contributed by atoms with Gasteiger partial charge in [0.1, 0.15) is 5.92 Å². The predicted octanol–water partition coefficient (Wildman–Crippen LogP) is 2.67. The number of carbonyl (C=O) groups is 1. The maximum absolute atomic E-state index is 12.0. The zero-order valence-corrected chi connectivity index (χ0v) is 11.3. The fourth-order valence-electron chi connectivity index (χ4n) is 2.44. The van der Waals surface area contributed by atoms with Crippen LogP contribution in [0, 0.1) is 23.2 Å². The van der Waals surface area contributed by atoms with Crippen molar-refractivity contribution in [2.45, 2.75) is 38.6 Å². The van der Waals surface area contributed by atoms with Gasteiger partial charge in [0.05, 0.1) is 6.07 Å². The number of carbonyl (C=O) groups excluding carboxylic acids is 1. The highest BCUT2D eigenvalue weighted by molar-refractivity contribution is 5.82. The summed E-state index contributed by atoms with van der Waals surface area (Å²) in [6.07, 6.45) is 3.89. The number of nitrogens with zero attached hydrogens (tertiary/aromatic N) is 1. The summed E-state index contributed by atoms with van der Waals surface area (Å²) in [7, 11) is 0. The van der Waals surface area contributed by atoms with Crippen LogP contribution in [0.1, 0.15) is 31.7 Å². The SMILES string of the molecule is CCCC1CC1NC(=O)C(C#N)Cc1ccccc1. The smallest absolute Gasteiger partial charge is 0.237 e. The van der Waals surface area contributed by atoms with Crippen molar-refractivity contribution in [2.75, 3.05) is 0 Å². The summed E-state index contributed by atoms with van der Waals surface area (Å²) < 4.78 is 0. The fraction of sp³-hybridized carbons (Fsp3) is 0.500. The van der Waals surface area contributed by atoms with Crippen molar-refractivity contribution in [3.8, 4) is 6.07 Å². The molecule has 3 heteroatoms. The third-order valence-corrected chi connectivity index (χ3v) is 3.66. The fourth-order valence-corrected chi connectivity index (χ4v) is 2.44. The van der Waals surface area contributed by atoms with Gasteiger partial charge in [0.15, 0.2) is 0 Å². The summed E-state index contributed by atoms with van der Waals surface area (Å²) in [5.41, 5.74) is 1.03. The monoisotopic (exact) mass is 256 g/mol. The van der Waals surface area contributed by atoms with Gasteiger partial charge in [0, 0.05) is 6.04 Å². The lowest BCUT2D eigenvalue weighted by molar-refractivity contribution is -0.123. The van der Waals surface area contributed by atoms with E-state index in [0.717, 1.165) is 18.4 Å². The number of hydrogen-bond donors (Lipinski definition) is 1. The summed E-state index contributed by atoms with van der Waals surface area (Å²) in [5, 5.41) is 12.1. The van der Waals surface area contributed by atoms with Crippen LogP contribution >= 0.6 is 0 Å². The van der Waals surface area contributed by atoms with Gasteiger partial charge in [0.2, 0.25) is 5.91 Å². The molecule has 1 fully saturated rings. The number of nitriles is 1. The molecule has 0 aromatic heterocycles. The second-order valence-corrected chi connectivity index (χ2v) is 5.27. The van der Waals surface area contributed by atoms with E-state index in [9.17, 15) is 4.79 Å². The van der Waals surface area contributed by atoms with Crippen molar-refractivity contribution in [3.63, 3.8) is 0 Å². The molecule has 1 N–H and O–H groups in total. The molecule has 100 valence electrons. The van der Waals surface area contributed by atoms with Crippen LogP contribution < -0.4 is 5.32 Å². The molecule has 2 rings (SSSR count). The lowest BCUT2D eigenvalue weighted by Gasteiger charge is -2.10. The van der Waals surface area contributed by atoms with E-state index in [1.54, 1.807) is 0 Å². The molecular formula is C16H20N2O. The van der Waals surface area contributed by atoms with E-state index in [4.69, 9.17) is 5.26 Å². The Bertz CT molecular complexity index is 463. The third-order valence-electron chi connectivity index (χ3n) is 3.66. The van der Waals surface area contributed by atoms with Crippen molar-refractivity contribution in [1.82, 2.24) is 5.32 Å². The molecule has 1 aliphatic carbocycles. The molecule has 1 aromatic carbocycles. The Morgan fingerprint density at radius 2 is 2.21 bits per heavy atom. The molecule has 1 amide bonds. The highest BCUT2D eigenvalue weighted by Gasteiger charge is 2.38. The Morgan fingerprint density at radius 1 is 1.47 bits per heavy atom. The maximum Gasteiger partial charge on any atom is 0.237 e. The minimum Gasteiger partial charge on any atom is -0.352 e. The van der Waals surface area contributed by atoms with E-state index in [1.165, 1.54) is 6.42 Å². The molecule has 1 aliphatic rings. The van der Waals surface area contributed by atoms with E-state index in [1.807, 2.05) is 30.3 Å². The van der Waals surface area contributed by atoms with E-state index < -0.39 is 5.92 Å². The molecule has 3 atom stereocenters. The Hall–Kier alpha value is -1.82. The standard InChI is InChI=1S/C16H20N2O/c1-2-6-13-10-15(13)18-16(19)14(11-17)9-12-7-4-3-5-8-12/h3-5,7-8,13-15H,2,6,9-10H2,1H3,(H,18,19). The first kappa shape index (κ1) is 13.6. The van der Waals surface area contributed by atoms with E-state index in [-0.39, 0.29) is 5.91 Å². The maximum atomic E-state index is 12.0. The first-order chi connectivity index (χ1) is 9.24. The zero-order valence-electron chi connectivity index (χ0n) is 11.3. The van der Waals surface area contributed by atoms with Crippen LogP contribution in [0.4, 0.5) is 0 Å². The predicted molar refractivity (Wildman–Crippen MR) is 74.2 cm³/mol. The number of nitrogens with one attached hydrogen (secondary N) is 1. The van der Waals surface area contributed by atoms with Crippen LogP contribution in [0.2, 0.25) is 0 Å². The van der Waals surface area contributed by atoms with Gasteiger partial charge in [-0.1, -0.05) is 43.7 Å². The van der Waals surface area contributed by atoms with Gasteiger partial charge in [-0.15, -0.1) is 0 Å². The van der Waals surface area contributed by atoms with Gasteiger partial charge < -0.3 is 5.32 Å². The molecule has 0 heterocycles. The van der Waals surface area contributed by atoms with Gasteiger partial charge in [-0.25, -0.2) is 0 Å². The second-order valence-electron chi connectivity index (χ2n) is 5.27. The van der Waals surface area contributed by atoms with Crippen molar-refractivity contribution in [1.29, 1.82) is 5.26 Å². The van der Waals surface area contributed by atoms with Crippen LogP contribution in [-0.2, 0) is 11.2 Å². The van der Waals surface area contributed by atoms with Crippen LogP contribution in [0.5, 0.6) is 0 Å². The van der Waals surface area contributed by atoms with Gasteiger partial charge in [-0.2, -0.15) is 5.26 Å². The Balaban J connectivity index is 1.85. The summed E-state index contributed by atoms with van der Waals surface area (Å²) >= 11 is 0. The Labute approximate surface area is 114 Å². The average molecular weight is 256 g/mol. The Morgan fingerprint density at radius 3 is 2.84 bits per heavy atom. The molecule has 19 heavy (non-hydrogen) atoms. The average Bonchev–Trinajstić information content (AvgIpc) is 3.15. The molecule has 0 radical (unpaired) electrons. The van der Waals surface area contributed by atoms with Crippen molar-refractivity contribution < 1.29 is 4.79 Å². The molecule has 0 aliphatic heterocycles. The third kappa shape index (κ3) is 3.82. The van der Waals surface area contributed by atoms with Crippen LogP contribution in [0.15, 0.2) is 30.3 Å². The van der Waals surface area contributed by atoms with E-state index in [0.29, 0.717) is 18.4 Å². The lowest BCUT2D eigenvalue weighted by atomic mass is 10.00. The van der Waals surface area contributed by atoms with Crippen LogP contribution in [-0.4, -0.2) is 11.9 Å². The largest absolute Gasteiger partial charge is 0.352 e. The van der Waals surface area contributed by atoms with Crippen molar-refractivity contribution >= 4 is 5.91 Å². The van der Waals surface area contributed by atoms with Crippen molar-refractivity contribution in [3.05, 3.63) is 35.9 Å². The molecule has 0 spiro atoms. The first-order valence-corrected chi connectivity index (χ1v) is 6.98. The normalized spacial score (nSPS) is 22.3. The summed E-state index contributed by atoms with van der Waals surface area (Å²) in [5.74, 6) is -0.0646. The molecule has 3 nitrogen and oxygen atoms in total. The van der Waals surface area contributed by atoms with Crippen LogP contribution in [0.25, 0.3) is 0 Å². The molecule has 3 unspecified atom stereocenters. The van der Waals surface area contributed by atoms with E-state index in [2.05, 4.69) is 18.3 Å². The number of amides is 1. The van der Waals surface area contributed by atoms with E-state index >= 15 is 0 Å². The second kappa shape index (κ2) is 6.38.